The van der Waals surface area contributed by atoms with Crippen molar-refractivity contribution in [2.24, 2.45) is 7.05 Å². The van der Waals surface area contributed by atoms with Gasteiger partial charge in [-0.15, -0.1) is 10.2 Å². The first-order valence-electron chi connectivity index (χ1n) is 6.76. The number of hydrogen-bond donors (Lipinski definition) is 1. The molecule has 0 aliphatic heterocycles. The van der Waals surface area contributed by atoms with Crippen LogP contribution in [0.2, 0.25) is 0 Å². The van der Waals surface area contributed by atoms with Crippen LogP contribution in [0.5, 0.6) is 5.75 Å². The zero-order chi connectivity index (χ0) is 15.7. The number of fused-ring (bicyclic) bond motifs is 1. The molecule has 0 saturated heterocycles. The zero-order valence-electron chi connectivity index (χ0n) is 12.3. The van der Waals surface area contributed by atoms with Crippen LogP contribution in [0.15, 0.2) is 35.5 Å². The lowest BCUT2D eigenvalue weighted by Crippen LogP contribution is -2.23. The minimum absolute atomic E-state index is 0.0163. The predicted molar refractivity (Wildman–Crippen MR) is 79.3 cm³/mol. The Hall–Kier alpha value is -2.74. The number of aromatic hydroxyl groups is 1. The van der Waals surface area contributed by atoms with Crippen LogP contribution in [0.3, 0.4) is 0 Å². The van der Waals surface area contributed by atoms with Crippen LogP contribution in [0, 0.1) is 0 Å². The number of hydrogen-bond acceptors (Lipinski definition) is 6. The van der Waals surface area contributed by atoms with E-state index >= 15 is 0 Å². The maximum atomic E-state index is 12.1. The monoisotopic (exact) mass is 300 g/mol. The van der Waals surface area contributed by atoms with Gasteiger partial charge in [-0.05, 0) is 19.2 Å². The Morgan fingerprint density at radius 3 is 2.91 bits per heavy atom. The maximum absolute atomic E-state index is 12.1. The summed E-state index contributed by atoms with van der Waals surface area (Å²) in [5.41, 5.74) is 0.635. The normalized spacial score (nSPS) is 11.4. The quantitative estimate of drug-likeness (QED) is 0.738. The van der Waals surface area contributed by atoms with Gasteiger partial charge in [-0.2, -0.15) is 0 Å². The summed E-state index contributed by atoms with van der Waals surface area (Å²) in [6, 6.07) is 4.58. The molecule has 8 nitrogen and oxygen atoms in total. The molecule has 3 aromatic heterocycles. The molecule has 3 heterocycles. The van der Waals surface area contributed by atoms with Crippen LogP contribution in [0.4, 0.5) is 0 Å². The number of nitrogens with zero attached hydrogens (tertiary/aromatic N) is 6. The Morgan fingerprint density at radius 1 is 1.36 bits per heavy atom. The first-order chi connectivity index (χ1) is 10.5. The van der Waals surface area contributed by atoms with Crippen molar-refractivity contribution in [3.63, 3.8) is 0 Å². The minimum Gasteiger partial charge on any atom is -0.504 e. The van der Waals surface area contributed by atoms with Crippen molar-refractivity contribution in [2.45, 2.75) is 13.1 Å². The Morgan fingerprint density at radius 2 is 2.18 bits per heavy atom. The zero-order valence-corrected chi connectivity index (χ0v) is 12.3. The Bertz CT molecular complexity index is 869. The van der Waals surface area contributed by atoms with Crippen molar-refractivity contribution < 1.29 is 5.11 Å². The molecule has 0 atom stereocenters. The van der Waals surface area contributed by atoms with E-state index in [9.17, 15) is 9.90 Å². The summed E-state index contributed by atoms with van der Waals surface area (Å²) in [6.07, 6.45) is 3.22. The van der Waals surface area contributed by atoms with Gasteiger partial charge >= 0.3 is 0 Å². The standard InChI is InChI=1S/C14H16N6O2/c1-18(8-12-17-15-9-19(12)2)7-10-6-13(22)20-5-3-4-11(21)14(20)16-10/h3-6,9,21H,7-8H2,1-2H3. The molecule has 0 aliphatic carbocycles. The molecular formula is C14H16N6O2. The van der Waals surface area contributed by atoms with Gasteiger partial charge in [0, 0.05) is 25.9 Å². The molecule has 0 unspecified atom stereocenters. The summed E-state index contributed by atoms with van der Waals surface area (Å²) in [5, 5.41) is 17.7. The second kappa shape index (κ2) is 5.57. The minimum atomic E-state index is -0.219. The topological polar surface area (TPSA) is 88.6 Å². The number of pyridine rings is 1. The molecule has 114 valence electrons. The summed E-state index contributed by atoms with van der Waals surface area (Å²) in [4.78, 5) is 18.4. The first kappa shape index (κ1) is 14.2. The molecule has 0 spiro atoms. The summed E-state index contributed by atoms with van der Waals surface area (Å²) in [6.45, 7) is 1.05. The van der Waals surface area contributed by atoms with Gasteiger partial charge in [0.1, 0.15) is 12.2 Å². The summed E-state index contributed by atoms with van der Waals surface area (Å²) >= 11 is 0. The first-order valence-corrected chi connectivity index (χ1v) is 6.76. The van der Waals surface area contributed by atoms with Crippen molar-refractivity contribution >= 4 is 5.65 Å². The highest BCUT2D eigenvalue weighted by Gasteiger charge is 2.10. The average Bonchev–Trinajstić information content (AvgIpc) is 2.85. The molecule has 0 saturated carbocycles. The lowest BCUT2D eigenvalue weighted by molar-refractivity contribution is 0.303. The fourth-order valence-corrected chi connectivity index (χ4v) is 2.26. The van der Waals surface area contributed by atoms with Gasteiger partial charge in [0.25, 0.3) is 5.56 Å². The molecule has 0 aromatic carbocycles. The fraction of sp³-hybridized carbons (Fsp3) is 0.286. The molecule has 0 amide bonds. The molecule has 8 heteroatoms. The van der Waals surface area contributed by atoms with E-state index in [2.05, 4.69) is 15.2 Å². The SMILES string of the molecule is CN(Cc1cc(=O)n2cccc(O)c2n1)Cc1nncn1C. The van der Waals surface area contributed by atoms with Gasteiger partial charge in [0.05, 0.1) is 12.2 Å². The van der Waals surface area contributed by atoms with Crippen LogP contribution < -0.4 is 5.56 Å². The van der Waals surface area contributed by atoms with Crippen LogP contribution in [0.25, 0.3) is 5.65 Å². The smallest absolute Gasteiger partial charge is 0.258 e. The van der Waals surface area contributed by atoms with Crippen LogP contribution in [0.1, 0.15) is 11.5 Å². The Labute approximate surface area is 126 Å². The van der Waals surface area contributed by atoms with Gasteiger partial charge in [0.2, 0.25) is 0 Å². The largest absolute Gasteiger partial charge is 0.504 e. The number of rotatable bonds is 4. The second-order valence-corrected chi connectivity index (χ2v) is 5.20. The van der Waals surface area contributed by atoms with Crippen LogP contribution in [-0.2, 0) is 20.1 Å². The van der Waals surface area contributed by atoms with Crippen molar-refractivity contribution in [1.29, 1.82) is 0 Å². The van der Waals surface area contributed by atoms with E-state index in [0.29, 0.717) is 18.8 Å². The lowest BCUT2D eigenvalue weighted by atomic mass is 10.3. The van der Waals surface area contributed by atoms with E-state index in [-0.39, 0.29) is 17.0 Å². The molecule has 0 bridgehead atoms. The summed E-state index contributed by atoms with van der Waals surface area (Å²) in [7, 11) is 3.78. The highest BCUT2D eigenvalue weighted by atomic mass is 16.3. The highest BCUT2D eigenvalue weighted by molar-refractivity contribution is 5.52. The molecule has 3 rings (SSSR count). The van der Waals surface area contributed by atoms with Crippen molar-refractivity contribution in [2.75, 3.05) is 7.05 Å². The molecule has 22 heavy (non-hydrogen) atoms. The van der Waals surface area contributed by atoms with Gasteiger partial charge in [-0.25, -0.2) is 4.98 Å². The average molecular weight is 300 g/mol. The van der Waals surface area contributed by atoms with E-state index in [1.165, 1.54) is 16.5 Å². The van der Waals surface area contributed by atoms with Gasteiger partial charge in [-0.3, -0.25) is 14.1 Å². The van der Waals surface area contributed by atoms with Crippen molar-refractivity contribution in [3.8, 4) is 5.75 Å². The van der Waals surface area contributed by atoms with Gasteiger partial charge < -0.3 is 9.67 Å². The maximum Gasteiger partial charge on any atom is 0.258 e. The van der Waals surface area contributed by atoms with E-state index in [4.69, 9.17) is 0 Å². The Balaban J connectivity index is 1.86. The summed E-state index contributed by atoms with van der Waals surface area (Å²) < 4.78 is 3.16. The molecule has 1 N–H and O–H groups in total. The number of aromatic nitrogens is 5. The molecule has 3 aromatic rings. The second-order valence-electron chi connectivity index (χ2n) is 5.20. The van der Waals surface area contributed by atoms with E-state index in [1.54, 1.807) is 18.6 Å². The van der Waals surface area contributed by atoms with E-state index in [1.807, 2.05) is 23.6 Å². The third-order valence-electron chi connectivity index (χ3n) is 3.37. The summed E-state index contributed by atoms with van der Waals surface area (Å²) in [5.74, 6) is 0.806. The van der Waals surface area contributed by atoms with Gasteiger partial charge in [-0.1, -0.05) is 0 Å². The Kier molecular flexibility index (Phi) is 3.60. The van der Waals surface area contributed by atoms with Crippen LogP contribution in [-0.4, -0.2) is 41.2 Å². The fourth-order valence-electron chi connectivity index (χ4n) is 2.26. The third kappa shape index (κ3) is 2.68. The third-order valence-corrected chi connectivity index (χ3v) is 3.37. The molecule has 0 fully saturated rings. The highest BCUT2D eigenvalue weighted by Crippen LogP contribution is 2.14. The number of aryl methyl sites for hydroxylation is 1. The predicted octanol–water partition coefficient (Wildman–Crippen LogP) is 0.161. The van der Waals surface area contributed by atoms with Crippen molar-refractivity contribution in [1.82, 2.24) is 29.0 Å². The molecule has 0 radical (unpaired) electrons. The molecule has 0 aliphatic rings. The van der Waals surface area contributed by atoms with Crippen LogP contribution >= 0.6 is 0 Å². The van der Waals surface area contributed by atoms with E-state index in [0.717, 1.165) is 5.82 Å². The van der Waals surface area contributed by atoms with E-state index < -0.39 is 0 Å². The molecular weight excluding hydrogens is 284 g/mol. The van der Waals surface area contributed by atoms with Gasteiger partial charge in [0.15, 0.2) is 11.4 Å². The van der Waals surface area contributed by atoms with Crippen molar-refractivity contribution in [3.05, 3.63) is 52.6 Å². The lowest BCUT2D eigenvalue weighted by Gasteiger charge is -2.15.